The van der Waals surface area contributed by atoms with Crippen molar-refractivity contribution in [3.05, 3.63) is 166 Å². The first-order chi connectivity index (χ1) is 21.7. The zero-order valence-corrected chi connectivity index (χ0v) is 24.6. The predicted octanol–water partition coefficient (Wildman–Crippen LogP) is 10.4. The third-order valence-corrected chi connectivity index (χ3v) is 9.93. The van der Waals surface area contributed by atoms with Crippen LogP contribution in [0.3, 0.4) is 0 Å². The molecular weight excluding hydrogens is 536 g/mol. The minimum absolute atomic E-state index is 0.188. The van der Waals surface area contributed by atoms with Gasteiger partial charge in [0.05, 0.1) is 5.41 Å². The summed E-state index contributed by atoms with van der Waals surface area (Å²) in [4.78, 5) is 13.2. The second-order valence-corrected chi connectivity index (χ2v) is 12.1. The van der Waals surface area contributed by atoms with Gasteiger partial charge in [0.1, 0.15) is 11.5 Å². The Kier molecular flexibility index (Phi) is 5.40. The lowest BCUT2D eigenvalue weighted by Crippen LogP contribution is -2.26. The number of Topliss-reactive ketones (excluding diaryl/α,β-unsaturated/α-hetero) is 1. The van der Waals surface area contributed by atoms with E-state index in [2.05, 4.69) is 110 Å². The highest BCUT2D eigenvalue weighted by Gasteiger charge is 2.52. The van der Waals surface area contributed by atoms with E-state index in [-0.39, 0.29) is 11.2 Å². The first-order valence-corrected chi connectivity index (χ1v) is 15.6. The minimum atomic E-state index is -0.382. The molecule has 6 aromatic carbocycles. The highest BCUT2D eigenvalue weighted by atomic mass is 16.5. The van der Waals surface area contributed by atoms with Crippen molar-refractivity contribution in [2.45, 2.75) is 31.6 Å². The van der Waals surface area contributed by atoms with Crippen LogP contribution in [0.5, 0.6) is 11.5 Å². The lowest BCUT2D eigenvalue weighted by molar-refractivity contribution is 0.0982. The van der Waals surface area contributed by atoms with Gasteiger partial charge >= 0.3 is 0 Å². The van der Waals surface area contributed by atoms with Gasteiger partial charge in [0.15, 0.2) is 5.78 Å². The van der Waals surface area contributed by atoms with Gasteiger partial charge in [-0.1, -0.05) is 122 Å². The number of rotatable bonds is 4. The quantitative estimate of drug-likeness (QED) is 0.198. The minimum Gasteiger partial charge on any atom is -0.457 e. The number of hydrogen-bond acceptors (Lipinski definition) is 2. The van der Waals surface area contributed by atoms with E-state index < -0.39 is 0 Å². The third-order valence-electron chi connectivity index (χ3n) is 9.93. The van der Waals surface area contributed by atoms with Crippen molar-refractivity contribution in [1.29, 1.82) is 0 Å². The monoisotopic (exact) mass is 566 g/mol. The number of ketones is 1. The highest BCUT2D eigenvalue weighted by Crippen LogP contribution is 2.64. The normalized spacial score (nSPS) is 14.1. The summed E-state index contributed by atoms with van der Waals surface area (Å²) in [5.41, 5.74) is 15.3. The van der Waals surface area contributed by atoms with Gasteiger partial charge < -0.3 is 4.74 Å². The van der Waals surface area contributed by atoms with E-state index in [1.165, 1.54) is 50.1 Å². The molecule has 6 aromatic rings. The number of carbonyl (C=O) groups excluding carboxylic acids is 1. The highest BCUT2D eigenvalue weighted by molar-refractivity contribution is 6.03. The molecule has 0 fully saturated rings. The Balaban J connectivity index is 1.29. The van der Waals surface area contributed by atoms with Gasteiger partial charge in [0.2, 0.25) is 0 Å². The van der Waals surface area contributed by atoms with Crippen LogP contribution in [0.25, 0.3) is 33.4 Å². The molecule has 9 rings (SSSR count). The predicted molar refractivity (Wildman–Crippen MR) is 177 cm³/mol. The Morgan fingerprint density at radius 2 is 1.14 bits per heavy atom. The number of hydrogen-bond donors (Lipinski definition) is 0. The number of ether oxygens (including phenoxy) is 1. The van der Waals surface area contributed by atoms with Gasteiger partial charge in [-0.3, -0.25) is 4.79 Å². The average molecular weight is 567 g/mol. The molecule has 0 aromatic heterocycles. The first kappa shape index (κ1) is 25.3. The molecule has 3 aliphatic rings. The first-order valence-electron chi connectivity index (χ1n) is 15.6. The van der Waals surface area contributed by atoms with E-state index in [1.807, 2.05) is 24.3 Å². The molecule has 0 N–H and O–H groups in total. The summed E-state index contributed by atoms with van der Waals surface area (Å²) in [5, 5.41) is 0. The van der Waals surface area contributed by atoms with Crippen molar-refractivity contribution in [1.82, 2.24) is 0 Å². The molecule has 0 saturated carbocycles. The van der Waals surface area contributed by atoms with E-state index in [0.29, 0.717) is 6.42 Å². The molecule has 0 atom stereocenters. The zero-order chi connectivity index (χ0) is 29.4. The van der Waals surface area contributed by atoms with Crippen LogP contribution < -0.4 is 4.74 Å². The van der Waals surface area contributed by atoms with Gasteiger partial charge in [-0.05, 0) is 74.2 Å². The smallest absolute Gasteiger partial charge is 0.163 e. The Hall–Kier alpha value is -5.21. The van der Waals surface area contributed by atoms with Crippen molar-refractivity contribution in [2.75, 3.05) is 0 Å². The van der Waals surface area contributed by atoms with Gasteiger partial charge in [0.25, 0.3) is 0 Å². The van der Waals surface area contributed by atoms with Crippen molar-refractivity contribution in [3.63, 3.8) is 0 Å². The summed E-state index contributed by atoms with van der Waals surface area (Å²) in [6.07, 6.45) is 2.10. The molecule has 2 aliphatic carbocycles. The summed E-state index contributed by atoms with van der Waals surface area (Å²) in [6, 6.07) is 45.5. The number of fused-ring (bicyclic) bond motifs is 13. The molecule has 2 nitrogen and oxygen atoms in total. The molecule has 0 unspecified atom stereocenters. The van der Waals surface area contributed by atoms with E-state index in [4.69, 9.17) is 4.74 Å². The van der Waals surface area contributed by atoms with Gasteiger partial charge in [-0.25, -0.2) is 0 Å². The summed E-state index contributed by atoms with van der Waals surface area (Å²) >= 11 is 0. The van der Waals surface area contributed by atoms with E-state index in [9.17, 15) is 4.79 Å². The van der Waals surface area contributed by atoms with Gasteiger partial charge in [-0.15, -0.1) is 0 Å². The standard InChI is InChI=1S/C42H30O2/c1-2-12-38(43)30-16-4-3-13-26(30)27-18-11-22-39-32(27)25-33-40(44-39)24-23-37-41(33)31-17-7-10-21-36(31)42(37)34-19-8-5-14-28(34)29-15-6-9-20-35(29)42/h3-11,13-24H,2,12,25H2,1H3. The lowest BCUT2D eigenvalue weighted by Gasteiger charge is -2.31. The Labute approximate surface area is 257 Å². The molecule has 1 aliphatic heterocycles. The van der Waals surface area contributed by atoms with Crippen molar-refractivity contribution in [3.8, 4) is 44.9 Å². The van der Waals surface area contributed by atoms with Gasteiger partial charge in [0, 0.05) is 29.5 Å². The van der Waals surface area contributed by atoms with Gasteiger partial charge in [-0.2, -0.15) is 0 Å². The van der Waals surface area contributed by atoms with Crippen LogP contribution in [0.15, 0.2) is 127 Å². The second-order valence-electron chi connectivity index (χ2n) is 12.1. The Morgan fingerprint density at radius 1 is 0.568 bits per heavy atom. The van der Waals surface area contributed by atoms with Crippen LogP contribution in [0.4, 0.5) is 0 Å². The van der Waals surface area contributed by atoms with E-state index in [1.54, 1.807) is 0 Å². The van der Waals surface area contributed by atoms with Crippen LogP contribution in [-0.2, 0) is 11.8 Å². The van der Waals surface area contributed by atoms with Crippen molar-refractivity contribution < 1.29 is 9.53 Å². The SMILES string of the molecule is CCCC(=O)c1ccccc1-c1cccc2c1Cc1c(ccc3c1-c1ccccc1C31c3ccccc3-c3ccccc31)O2. The summed E-state index contributed by atoms with van der Waals surface area (Å²) in [5.74, 6) is 1.97. The molecule has 0 saturated heterocycles. The van der Waals surface area contributed by atoms with E-state index >= 15 is 0 Å². The maximum Gasteiger partial charge on any atom is 0.163 e. The Morgan fingerprint density at radius 3 is 1.84 bits per heavy atom. The molecule has 0 amide bonds. The van der Waals surface area contributed by atoms with Crippen LogP contribution in [-0.4, -0.2) is 5.78 Å². The Bertz CT molecular complexity index is 2120. The maximum atomic E-state index is 13.2. The maximum absolute atomic E-state index is 13.2. The largest absolute Gasteiger partial charge is 0.457 e. The molecule has 0 radical (unpaired) electrons. The molecule has 2 heteroatoms. The summed E-state index contributed by atoms with van der Waals surface area (Å²) in [6.45, 7) is 2.06. The second kappa shape index (κ2) is 9.39. The van der Waals surface area contributed by atoms with E-state index in [0.717, 1.165) is 46.6 Å². The van der Waals surface area contributed by atoms with Crippen molar-refractivity contribution in [2.24, 2.45) is 0 Å². The average Bonchev–Trinajstić information content (AvgIpc) is 3.55. The molecule has 1 heterocycles. The number of benzene rings is 6. The fourth-order valence-corrected chi connectivity index (χ4v) is 8.22. The third kappa shape index (κ3) is 3.23. The molecular formula is C42H30O2. The molecule has 1 spiro atoms. The number of carbonyl (C=O) groups is 1. The lowest BCUT2D eigenvalue weighted by atomic mass is 9.70. The van der Waals surface area contributed by atoms with Crippen LogP contribution in [0.2, 0.25) is 0 Å². The van der Waals surface area contributed by atoms with Crippen molar-refractivity contribution >= 4 is 5.78 Å². The van der Waals surface area contributed by atoms with Crippen LogP contribution in [0.1, 0.15) is 63.5 Å². The summed E-state index contributed by atoms with van der Waals surface area (Å²) < 4.78 is 6.73. The summed E-state index contributed by atoms with van der Waals surface area (Å²) in [7, 11) is 0. The fraction of sp³-hybridized carbons (Fsp3) is 0.119. The molecule has 210 valence electrons. The van der Waals surface area contributed by atoms with Crippen LogP contribution >= 0.6 is 0 Å². The van der Waals surface area contributed by atoms with Crippen LogP contribution in [0, 0.1) is 0 Å². The zero-order valence-electron chi connectivity index (χ0n) is 24.6. The topological polar surface area (TPSA) is 26.3 Å². The molecule has 44 heavy (non-hydrogen) atoms. The molecule has 0 bridgehead atoms. The fourth-order valence-electron chi connectivity index (χ4n) is 8.22.